The van der Waals surface area contributed by atoms with Gasteiger partial charge in [-0.1, -0.05) is 36.4 Å². The van der Waals surface area contributed by atoms with Crippen molar-refractivity contribution in [2.24, 2.45) is 11.8 Å². The minimum absolute atomic E-state index is 0.0452. The number of nitriles is 1. The van der Waals surface area contributed by atoms with Crippen LogP contribution in [-0.2, 0) is 11.3 Å². The van der Waals surface area contributed by atoms with Gasteiger partial charge in [0.25, 0.3) is 0 Å². The number of carbonyl (C=O) groups excluding carboxylic acids is 1. The van der Waals surface area contributed by atoms with Crippen molar-refractivity contribution < 1.29 is 4.79 Å². The third-order valence-corrected chi connectivity index (χ3v) is 3.10. The molecule has 0 aliphatic carbocycles. The molecule has 1 amide bonds. The van der Waals surface area contributed by atoms with Gasteiger partial charge in [-0.05, 0) is 5.56 Å². The first kappa shape index (κ1) is 11.4. The van der Waals surface area contributed by atoms with Crippen LogP contribution < -0.4 is 0 Å². The van der Waals surface area contributed by atoms with E-state index in [0.29, 0.717) is 13.1 Å². The maximum atomic E-state index is 12.0. The number of amides is 1. The molecule has 2 rings (SSSR count). The molecule has 1 aromatic rings. The van der Waals surface area contributed by atoms with Gasteiger partial charge in [-0.15, -0.1) is 6.58 Å². The van der Waals surface area contributed by atoms with Gasteiger partial charge in [0, 0.05) is 19.0 Å². The van der Waals surface area contributed by atoms with Crippen molar-refractivity contribution in [2.75, 3.05) is 6.54 Å². The molecule has 1 aliphatic rings. The summed E-state index contributed by atoms with van der Waals surface area (Å²) < 4.78 is 0. The maximum Gasteiger partial charge on any atom is 0.240 e. The van der Waals surface area contributed by atoms with Gasteiger partial charge in [0.05, 0.1) is 6.07 Å². The standard InChI is InChI=1S/C14H14N2O/c1-2-12-10-16(14(17)13(12)8-15)9-11-6-4-3-5-7-11/h2-7,12-13H,1,9-10H2/t12-,13+/m1/s1. The van der Waals surface area contributed by atoms with E-state index < -0.39 is 5.92 Å². The lowest BCUT2D eigenvalue weighted by Gasteiger charge is -2.15. The van der Waals surface area contributed by atoms with Gasteiger partial charge in [0.15, 0.2) is 0 Å². The van der Waals surface area contributed by atoms with E-state index in [-0.39, 0.29) is 11.8 Å². The Bertz CT molecular complexity index is 461. The van der Waals surface area contributed by atoms with Gasteiger partial charge >= 0.3 is 0 Å². The maximum absolute atomic E-state index is 12.0. The molecule has 0 unspecified atom stereocenters. The van der Waals surface area contributed by atoms with Crippen molar-refractivity contribution in [2.45, 2.75) is 6.54 Å². The zero-order valence-electron chi connectivity index (χ0n) is 9.54. The highest BCUT2D eigenvalue weighted by Gasteiger charge is 2.38. The van der Waals surface area contributed by atoms with Gasteiger partial charge in [-0.25, -0.2) is 0 Å². The van der Waals surface area contributed by atoms with E-state index >= 15 is 0 Å². The smallest absolute Gasteiger partial charge is 0.240 e. The average molecular weight is 226 g/mol. The molecular formula is C14H14N2O. The molecule has 3 heteroatoms. The molecule has 0 spiro atoms. The zero-order valence-corrected chi connectivity index (χ0v) is 9.54. The molecule has 1 fully saturated rings. The van der Waals surface area contributed by atoms with E-state index in [0.717, 1.165) is 5.56 Å². The van der Waals surface area contributed by atoms with E-state index in [1.54, 1.807) is 11.0 Å². The molecule has 3 nitrogen and oxygen atoms in total. The fraction of sp³-hybridized carbons (Fsp3) is 0.286. The summed E-state index contributed by atoms with van der Waals surface area (Å²) in [5.41, 5.74) is 1.09. The van der Waals surface area contributed by atoms with Crippen LogP contribution in [0.3, 0.4) is 0 Å². The predicted molar refractivity (Wildman–Crippen MR) is 64.6 cm³/mol. The second-order valence-electron chi connectivity index (χ2n) is 4.21. The third kappa shape index (κ3) is 2.21. The normalized spacial score (nSPS) is 23.5. The number of hydrogen-bond donors (Lipinski definition) is 0. The first-order valence-electron chi connectivity index (χ1n) is 5.61. The van der Waals surface area contributed by atoms with Crippen LogP contribution in [0.5, 0.6) is 0 Å². The zero-order chi connectivity index (χ0) is 12.3. The van der Waals surface area contributed by atoms with Gasteiger partial charge in [0.1, 0.15) is 5.92 Å². The van der Waals surface area contributed by atoms with Gasteiger partial charge in [-0.3, -0.25) is 4.79 Å². The summed E-state index contributed by atoms with van der Waals surface area (Å²) in [5, 5.41) is 8.98. The molecule has 0 bridgehead atoms. The Morgan fingerprint density at radius 1 is 1.47 bits per heavy atom. The topological polar surface area (TPSA) is 44.1 Å². The summed E-state index contributed by atoms with van der Waals surface area (Å²) in [5.74, 6) is -0.686. The monoisotopic (exact) mass is 226 g/mol. The van der Waals surface area contributed by atoms with Gasteiger partial charge in [-0.2, -0.15) is 5.26 Å². The van der Waals surface area contributed by atoms with Crippen LogP contribution in [0.4, 0.5) is 0 Å². The molecule has 1 saturated heterocycles. The lowest BCUT2D eigenvalue weighted by Crippen LogP contribution is -2.26. The highest BCUT2D eigenvalue weighted by atomic mass is 16.2. The van der Waals surface area contributed by atoms with Crippen molar-refractivity contribution in [3.05, 3.63) is 48.6 Å². The molecule has 0 N–H and O–H groups in total. The molecular weight excluding hydrogens is 212 g/mol. The fourth-order valence-corrected chi connectivity index (χ4v) is 2.14. The summed E-state index contributed by atoms with van der Waals surface area (Å²) >= 11 is 0. The highest BCUT2D eigenvalue weighted by molar-refractivity contribution is 5.84. The second kappa shape index (κ2) is 4.84. The lowest BCUT2D eigenvalue weighted by molar-refractivity contribution is -0.130. The molecule has 0 saturated carbocycles. The number of nitrogens with zero attached hydrogens (tertiary/aromatic N) is 2. The third-order valence-electron chi connectivity index (χ3n) is 3.10. The predicted octanol–water partition coefficient (Wildman–Crippen LogP) is 1.97. The van der Waals surface area contributed by atoms with Crippen LogP contribution in [0, 0.1) is 23.2 Å². The number of rotatable bonds is 3. The quantitative estimate of drug-likeness (QED) is 0.740. The molecule has 0 aromatic heterocycles. The van der Waals surface area contributed by atoms with Crippen LogP contribution in [0.25, 0.3) is 0 Å². The molecule has 17 heavy (non-hydrogen) atoms. The van der Waals surface area contributed by atoms with Gasteiger partial charge < -0.3 is 4.90 Å². The Kier molecular flexibility index (Phi) is 3.24. The number of carbonyl (C=O) groups is 1. The van der Waals surface area contributed by atoms with Crippen molar-refractivity contribution in [1.29, 1.82) is 5.26 Å². The van der Waals surface area contributed by atoms with Gasteiger partial charge in [0.2, 0.25) is 5.91 Å². The minimum Gasteiger partial charge on any atom is -0.337 e. The SMILES string of the molecule is C=C[C@@H]1CN(Cc2ccccc2)C(=O)[C@H]1C#N. The second-order valence-corrected chi connectivity index (χ2v) is 4.21. The minimum atomic E-state index is -0.559. The molecule has 1 heterocycles. The number of benzene rings is 1. The summed E-state index contributed by atoms with van der Waals surface area (Å²) in [4.78, 5) is 13.7. The fourth-order valence-electron chi connectivity index (χ4n) is 2.14. The van der Waals surface area contributed by atoms with Crippen LogP contribution in [-0.4, -0.2) is 17.4 Å². The Labute approximate surface area is 101 Å². The average Bonchev–Trinajstić information content (AvgIpc) is 2.67. The Morgan fingerprint density at radius 3 is 2.71 bits per heavy atom. The largest absolute Gasteiger partial charge is 0.337 e. The van der Waals surface area contributed by atoms with Crippen molar-refractivity contribution >= 4 is 5.91 Å². The van der Waals surface area contributed by atoms with E-state index in [9.17, 15) is 4.79 Å². The lowest BCUT2D eigenvalue weighted by atomic mass is 9.98. The first-order valence-corrected chi connectivity index (χ1v) is 5.61. The van der Waals surface area contributed by atoms with Crippen LogP contribution >= 0.6 is 0 Å². The summed E-state index contributed by atoms with van der Waals surface area (Å²) in [7, 11) is 0. The van der Waals surface area contributed by atoms with Crippen LogP contribution in [0.15, 0.2) is 43.0 Å². The highest BCUT2D eigenvalue weighted by Crippen LogP contribution is 2.26. The summed E-state index contributed by atoms with van der Waals surface area (Å²) in [6.45, 7) is 4.85. The number of likely N-dealkylation sites (tertiary alicyclic amines) is 1. The summed E-state index contributed by atoms with van der Waals surface area (Å²) in [6, 6.07) is 11.9. The Balaban J connectivity index is 2.12. The van der Waals surface area contributed by atoms with Crippen molar-refractivity contribution in [3.8, 4) is 6.07 Å². The van der Waals surface area contributed by atoms with Crippen LogP contribution in [0.2, 0.25) is 0 Å². The Morgan fingerprint density at radius 2 is 2.18 bits per heavy atom. The van der Waals surface area contributed by atoms with Crippen molar-refractivity contribution in [1.82, 2.24) is 4.90 Å². The Hall–Kier alpha value is -2.08. The molecule has 0 radical (unpaired) electrons. The van der Waals surface area contributed by atoms with E-state index in [1.807, 2.05) is 30.3 Å². The molecule has 1 aromatic carbocycles. The van der Waals surface area contributed by atoms with Crippen molar-refractivity contribution in [3.63, 3.8) is 0 Å². The first-order chi connectivity index (χ1) is 8.26. The molecule has 2 atom stereocenters. The van der Waals surface area contributed by atoms with E-state index in [1.165, 1.54) is 0 Å². The summed E-state index contributed by atoms with van der Waals surface area (Å²) in [6.07, 6.45) is 1.71. The van der Waals surface area contributed by atoms with Crippen LogP contribution in [0.1, 0.15) is 5.56 Å². The molecule has 86 valence electrons. The number of hydrogen-bond acceptors (Lipinski definition) is 2. The van der Waals surface area contributed by atoms with E-state index in [2.05, 4.69) is 12.6 Å². The molecule has 1 aliphatic heterocycles. The van der Waals surface area contributed by atoms with E-state index in [4.69, 9.17) is 5.26 Å².